The number of nitrogens with one attached hydrogen (secondary N) is 1. The van der Waals surface area contributed by atoms with Crippen LogP contribution in [0.5, 0.6) is 0 Å². The molecule has 104 valence electrons. The highest BCUT2D eigenvalue weighted by molar-refractivity contribution is 6.02. The van der Waals surface area contributed by atoms with E-state index in [1.807, 2.05) is 31.2 Å². The van der Waals surface area contributed by atoms with E-state index in [1.54, 1.807) is 6.08 Å². The normalized spacial score (nSPS) is 11.1. The Kier molecular flexibility index (Phi) is 4.35. The van der Waals surface area contributed by atoms with Crippen molar-refractivity contribution >= 4 is 22.7 Å². The Morgan fingerprint density at radius 1 is 1.30 bits per heavy atom. The summed E-state index contributed by atoms with van der Waals surface area (Å²) in [6.45, 7) is 1.94. The number of H-pyrrole nitrogens is 1. The smallest absolute Gasteiger partial charge is 0.330 e. The van der Waals surface area contributed by atoms with Crippen LogP contribution in [0.15, 0.2) is 36.4 Å². The lowest BCUT2D eigenvalue weighted by molar-refractivity contribution is -0.134. The standard InChI is InChI=1S/C16H17NO3/c1-11-12-7-3-4-8-13(12)17-16(11)14(18)9-5-6-10-15(19)20-2/h3-4,6-8,10,17H,5,9H2,1-2H3/b10-6+. The number of methoxy groups -OCH3 is 1. The van der Waals surface area contributed by atoms with Gasteiger partial charge in [-0.25, -0.2) is 4.79 Å². The number of carbonyl (C=O) groups excluding carboxylic acids is 2. The average Bonchev–Trinajstić information content (AvgIpc) is 2.81. The molecular weight excluding hydrogens is 254 g/mol. The van der Waals surface area contributed by atoms with Gasteiger partial charge in [-0.2, -0.15) is 0 Å². The summed E-state index contributed by atoms with van der Waals surface area (Å²) in [5.74, 6) is -0.354. The molecule has 0 radical (unpaired) electrons. The van der Waals surface area contributed by atoms with E-state index < -0.39 is 5.97 Å². The number of aromatic nitrogens is 1. The van der Waals surface area contributed by atoms with E-state index in [0.29, 0.717) is 18.5 Å². The van der Waals surface area contributed by atoms with Crippen LogP contribution in [-0.4, -0.2) is 23.8 Å². The maximum absolute atomic E-state index is 12.2. The van der Waals surface area contributed by atoms with Crippen LogP contribution in [0, 0.1) is 6.92 Å². The van der Waals surface area contributed by atoms with Crippen LogP contribution in [0.25, 0.3) is 10.9 Å². The van der Waals surface area contributed by atoms with Crippen LogP contribution in [0.2, 0.25) is 0 Å². The monoisotopic (exact) mass is 271 g/mol. The summed E-state index contributed by atoms with van der Waals surface area (Å²) < 4.78 is 4.48. The number of fused-ring (bicyclic) bond motifs is 1. The number of aryl methyl sites for hydroxylation is 1. The molecule has 0 aliphatic carbocycles. The SMILES string of the molecule is COC(=O)/C=C/CCC(=O)c1[nH]c2ccccc2c1C. The quantitative estimate of drug-likeness (QED) is 0.516. The maximum atomic E-state index is 12.2. The van der Waals surface area contributed by atoms with Crippen LogP contribution in [0.3, 0.4) is 0 Å². The Hall–Kier alpha value is -2.36. The van der Waals surface area contributed by atoms with Crippen LogP contribution in [0.1, 0.15) is 28.9 Å². The molecule has 1 heterocycles. The van der Waals surface area contributed by atoms with Gasteiger partial charge in [0.15, 0.2) is 5.78 Å². The topological polar surface area (TPSA) is 59.2 Å². The second kappa shape index (κ2) is 6.19. The van der Waals surface area contributed by atoms with Crippen molar-refractivity contribution in [2.45, 2.75) is 19.8 Å². The van der Waals surface area contributed by atoms with Crippen LogP contribution in [0.4, 0.5) is 0 Å². The zero-order valence-electron chi connectivity index (χ0n) is 11.6. The third kappa shape index (κ3) is 2.96. The number of hydrogen-bond acceptors (Lipinski definition) is 3. The van der Waals surface area contributed by atoms with E-state index >= 15 is 0 Å². The lowest BCUT2D eigenvalue weighted by Crippen LogP contribution is -2.01. The Labute approximate surface area is 117 Å². The first-order chi connectivity index (χ1) is 9.63. The molecule has 2 rings (SSSR count). The Bertz CT molecular complexity index is 667. The van der Waals surface area contributed by atoms with Crippen molar-refractivity contribution in [2.75, 3.05) is 7.11 Å². The van der Waals surface area contributed by atoms with Gasteiger partial charge in [-0.3, -0.25) is 4.79 Å². The molecule has 20 heavy (non-hydrogen) atoms. The number of Topliss-reactive ketones (excluding diaryl/α,β-unsaturated/α-hetero) is 1. The number of ketones is 1. The van der Waals surface area contributed by atoms with Crippen molar-refractivity contribution < 1.29 is 14.3 Å². The predicted molar refractivity (Wildman–Crippen MR) is 77.8 cm³/mol. The van der Waals surface area contributed by atoms with Crippen molar-refractivity contribution in [3.63, 3.8) is 0 Å². The van der Waals surface area contributed by atoms with Crippen molar-refractivity contribution in [3.8, 4) is 0 Å². The molecule has 0 saturated heterocycles. The molecular formula is C16H17NO3. The highest BCUT2D eigenvalue weighted by Gasteiger charge is 2.13. The largest absolute Gasteiger partial charge is 0.466 e. The van der Waals surface area contributed by atoms with Gasteiger partial charge < -0.3 is 9.72 Å². The Balaban J connectivity index is 2.06. The number of aromatic amines is 1. The number of rotatable bonds is 5. The van der Waals surface area contributed by atoms with Crippen molar-refractivity contribution in [1.82, 2.24) is 4.98 Å². The summed E-state index contributed by atoms with van der Waals surface area (Å²) >= 11 is 0. The molecule has 1 N–H and O–H groups in total. The molecule has 0 aliphatic heterocycles. The third-order valence-corrected chi connectivity index (χ3v) is 3.24. The molecule has 0 fully saturated rings. The fraction of sp³-hybridized carbons (Fsp3) is 0.250. The zero-order valence-corrected chi connectivity index (χ0v) is 11.6. The zero-order chi connectivity index (χ0) is 14.5. The molecule has 0 unspecified atom stereocenters. The van der Waals surface area contributed by atoms with E-state index in [4.69, 9.17) is 0 Å². The van der Waals surface area contributed by atoms with Crippen LogP contribution in [-0.2, 0) is 9.53 Å². The van der Waals surface area contributed by atoms with E-state index in [9.17, 15) is 9.59 Å². The number of allylic oxidation sites excluding steroid dienone is 1. The fourth-order valence-corrected chi connectivity index (χ4v) is 2.15. The molecule has 0 saturated carbocycles. The highest BCUT2D eigenvalue weighted by Crippen LogP contribution is 2.22. The summed E-state index contributed by atoms with van der Waals surface area (Å²) in [5, 5.41) is 1.07. The number of para-hydroxylation sites is 1. The van der Waals surface area contributed by atoms with E-state index in [0.717, 1.165) is 16.5 Å². The van der Waals surface area contributed by atoms with Crippen LogP contribution < -0.4 is 0 Å². The molecule has 0 atom stereocenters. The number of benzene rings is 1. The van der Waals surface area contributed by atoms with Crippen molar-refractivity contribution in [2.24, 2.45) is 0 Å². The first-order valence-corrected chi connectivity index (χ1v) is 6.48. The molecule has 4 heteroatoms. The lowest BCUT2D eigenvalue weighted by atomic mass is 10.1. The molecule has 0 bridgehead atoms. The van der Waals surface area contributed by atoms with Crippen molar-refractivity contribution in [3.05, 3.63) is 47.7 Å². The predicted octanol–water partition coefficient (Wildman–Crippen LogP) is 3.17. The van der Waals surface area contributed by atoms with Gasteiger partial charge in [0.2, 0.25) is 0 Å². The lowest BCUT2D eigenvalue weighted by Gasteiger charge is -1.97. The summed E-state index contributed by atoms with van der Waals surface area (Å²) in [6.07, 6.45) is 3.87. The van der Waals surface area contributed by atoms with Gasteiger partial charge >= 0.3 is 5.97 Å². The number of ether oxygens (including phenoxy) is 1. The maximum Gasteiger partial charge on any atom is 0.330 e. The number of hydrogen-bond donors (Lipinski definition) is 1. The molecule has 1 aromatic heterocycles. The van der Waals surface area contributed by atoms with E-state index in [1.165, 1.54) is 13.2 Å². The summed E-state index contributed by atoms with van der Waals surface area (Å²) in [5.41, 5.74) is 2.60. The second-order valence-corrected chi connectivity index (χ2v) is 4.56. The minimum atomic E-state index is -0.403. The third-order valence-electron chi connectivity index (χ3n) is 3.24. The van der Waals surface area contributed by atoms with Gasteiger partial charge in [0.25, 0.3) is 0 Å². The van der Waals surface area contributed by atoms with Gasteiger partial charge in [-0.1, -0.05) is 24.3 Å². The van der Waals surface area contributed by atoms with Gasteiger partial charge in [-0.05, 0) is 25.0 Å². The van der Waals surface area contributed by atoms with Crippen LogP contribution >= 0.6 is 0 Å². The summed E-state index contributed by atoms with van der Waals surface area (Å²) in [6, 6.07) is 7.84. The first-order valence-electron chi connectivity index (χ1n) is 6.48. The number of carbonyl (C=O) groups is 2. The first kappa shape index (κ1) is 14.1. The summed E-state index contributed by atoms with van der Waals surface area (Å²) in [4.78, 5) is 26.2. The second-order valence-electron chi connectivity index (χ2n) is 4.56. The van der Waals surface area contributed by atoms with E-state index in [-0.39, 0.29) is 5.78 Å². The summed E-state index contributed by atoms with van der Waals surface area (Å²) in [7, 11) is 1.33. The van der Waals surface area contributed by atoms with Gasteiger partial charge in [0.05, 0.1) is 12.8 Å². The average molecular weight is 271 g/mol. The molecule has 0 spiro atoms. The fourth-order valence-electron chi connectivity index (χ4n) is 2.15. The van der Waals surface area contributed by atoms with Crippen molar-refractivity contribution in [1.29, 1.82) is 0 Å². The minimum absolute atomic E-state index is 0.0493. The Morgan fingerprint density at radius 3 is 2.75 bits per heavy atom. The van der Waals surface area contributed by atoms with Gasteiger partial charge in [0.1, 0.15) is 0 Å². The minimum Gasteiger partial charge on any atom is -0.466 e. The van der Waals surface area contributed by atoms with E-state index in [2.05, 4.69) is 9.72 Å². The van der Waals surface area contributed by atoms with Gasteiger partial charge in [0, 0.05) is 23.4 Å². The van der Waals surface area contributed by atoms with Gasteiger partial charge in [-0.15, -0.1) is 0 Å². The Morgan fingerprint density at radius 2 is 2.05 bits per heavy atom. The number of esters is 1. The molecule has 0 aliphatic rings. The highest BCUT2D eigenvalue weighted by atomic mass is 16.5. The molecule has 0 amide bonds. The molecule has 2 aromatic rings. The molecule has 1 aromatic carbocycles. The molecule has 4 nitrogen and oxygen atoms in total.